The highest BCUT2D eigenvalue weighted by molar-refractivity contribution is 5.97. The lowest BCUT2D eigenvalue weighted by molar-refractivity contribution is -0.0387. The van der Waals surface area contributed by atoms with Gasteiger partial charge in [-0.25, -0.2) is 9.37 Å². The minimum atomic E-state index is -0.499. The molecular weight excluding hydrogens is 561 g/mol. The number of benzene rings is 1. The lowest BCUT2D eigenvalue weighted by Crippen LogP contribution is -2.62. The van der Waals surface area contributed by atoms with Crippen LogP contribution in [0, 0.1) is 23.1 Å². The van der Waals surface area contributed by atoms with E-state index in [1.54, 1.807) is 12.0 Å². The van der Waals surface area contributed by atoms with Crippen LogP contribution < -0.4 is 9.64 Å². The summed E-state index contributed by atoms with van der Waals surface area (Å²) >= 11 is 0. The molecule has 11 heteroatoms. The lowest BCUT2D eigenvalue weighted by Gasteiger charge is -2.53. The highest BCUT2D eigenvalue weighted by Crippen LogP contribution is 2.45. The van der Waals surface area contributed by atoms with Crippen LogP contribution in [-0.4, -0.2) is 114 Å². The fourth-order valence-corrected chi connectivity index (χ4v) is 6.93. The Labute approximate surface area is 262 Å². The van der Waals surface area contributed by atoms with E-state index in [-0.39, 0.29) is 34.6 Å². The number of halogens is 1. The van der Waals surface area contributed by atoms with Gasteiger partial charge < -0.3 is 24.2 Å². The molecule has 244 valence electrons. The Morgan fingerprint density at radius 2 is 1.91 bits per heavy atom. The number of amides is 1. The molecule has 2 aliphatic rings. The fraction of sp³-hybridized carbons (Fsp3) is 0.697. The van der Waals surface area contributed by atoms with Crippen molar-refractivity contribution in [3.05, 3.63) is 35.9 Å². The maximum Gasteiger partial charge on any atom is 0.282 e. The number of rotatable bonds is 15. The summed E-state index contributed by atoms with van der Waals surface area (Å²) in [5, 5.41) is 8.23. The maximum atomic E-state index is 14.3. The largest absolute Gasteiger partial charge is 0.434 e. The molecule has 1 spiro atoms. The van der Waals surface area contributed by atoms with Crippen molar-refractivity contribution >= 4 is 11.7 Å². The predicted octanol–water partition coefficient (Wildman–Crippen LogP) is 4.81. The summed E-state index contributed by atoms with van der Waals surface area (Å²) in [4.78, 5) is 26.8. The monoisotopic (exact) mass is 613 g/mol. The molecule has 1 unspecified atom stereocenters. The first kappa shape index (κ1) is 34.0. The number of carbonyl (C=O) groups is 1. The number of nitrogens with zero attached hydrogens (tertiary/aromatic N) is 7. The summed E-state index contributed by atoms with van der Waals surface area (Å²) in [6, 6.07) is 4.50. The normalized spacial score (nSPS) is 17.9. The van der Waals surface area contributed by atoms with E-state index in [1.807, 2.05) is 20.8 Å². The van der Waals surface area contributed by atoms with Crippen molar-refractivity contribution in [3.8, 4) is 11.6 Å². The van der Waals surface area contributed by atoms with Crippen molar-refractivity contribution in [2.75, 3.05) is 71.5 Å². The molecule has 10 nitrogen and oxygen atoms in total. The third kappa shape index (κ3) is 8.03. The van der Waals surface area contributed by atoms with E-state index in [1.165, 1.54) is 30.9 Å². The zero-order valence-corrected chi connectivity index (χ0v) is 27.9. The number of likely N-dealkylation sites (N-methyl/N-ethyl adjacent to an activating group) is 1. The Kier molecular flexibility index (Phi) is 11.5. The first-order valence-corrected chi connectivity index (χ1v) is 16.1. The third-order valence-corrected chi connectivity index (χ3v) is 9.17. The lowest BCUT2D eigenvalue weighted by atomic mass is 9.76. The molecule has 2 aliphatic heterocycles. The first-order valence-electron chi connectivity index (χ1n) is 16.1. The van der Waals surface area contributed by atoms with E-state index in [9.17, 15) is 9.18 Å². The van der Waals surface area contributed by atoms with Crippen LogP contribution >= 0.6 is 0 Å². The predicted molar refractivity (Wildman–Crippen MR) is 171 cm³/mol. The molecule has 0 radical (unpaired) electrons. The summed E-state index contributed by atoms with van der Waals surface area (Å²) in [6.45, 7) is 19.9. The number of anilines is 1. The molecule has 1 aromatic heterocycles. The number of methoxy groups -OCH3 is 1. The Balaban J connectivity index is 1.43. The Morgan fingerprint density at radius 3 is 2.57 bits per heavy atom. The van der Waals surface area contributed by atoms with Crippen LogP contribution in [0.2, 0.25) is 0 Å². The smallest absolute Gasteiger partial charge is 0.282 e. The first-order chi connectivity index (χ1) is 21.0. The zero-order valence-electron chi connectivity index (χ0n) is 27.9. The molecule has 0 aliphatic carbocycles. The summed E-state index contributed by atoms with van der Waals surface area (Å²) in [6.07, 6.45) is 3.66. The minimum absolute atomic E-state index is 0.0408. The number of carbonyl (C=O) groups excluding carboxylic acids is 1. The van der Waals surface area contributed by atoms with Gasteiger partial charge >= 0.3 is 0 Å². The van der Waals surface area contributed by atoms with Crippen molar-refractivity contribution in [2.24, 2.45) is 17.3 Å². The Bertz CT molecular complexity index is 1240. The molecule has 44 heavy (non-hydrogen) atoms. The van der Waals surface area contributed by atoms with E-state index >= 15 is 0 Å². The van der Waals surface area contributed by atoms with E-state index in [0.29, 0.717) is 30.2 Å². The van der Waals surface area contributed by atoms with Gasteiger partial charge in [-0.1, -0.05) is 20.8 Å². The molecule has 1 amide bonds. The molecule has 3 heterocycles. The van der Waals surface area contributed by atoms with Gasteiger partial charge in [-0.2, -0.15) is 0 Å². The number of aromatic nitrogens is 3. The third-order valence-electron chi connectivity index (χ3n) is 9.17. The SMILES string of the molecule is CCN(C(=O)c1cc(F)ccc1Oc1nncnc1N1CCC2(C1)CN(C(C[C@H](C)CN(C)CCOC)C(C)C)C2)C(C)C. The molecule has 1 aromatic carbocycles. The highest BCUT2D eigenvalue weighted by Gasteiger charge is 2.50. The Morgan fingerprint density at radius 1 is 1.16 bits per heavy atom. The van der Waals surface area contributed by atoms with Gasteiger partial charge in [0.1, 0.15) is 17.9 Å². The van der Waals surface area contributed by atoms with Crippen LogP contribution in [0.5, 0.6) is 11.6 Å². The average Bonchev–Trinajstić information content (AvgIpc) is 3.41. The van der Waals surface area contributed by atoms with Crippen LogP contribution in [0.15, 0.2) is 24.5 Å². The van der Waals surface area contributed by atoms with Crippen LogP contribution in [0.1, 0.15) is 64.7 Å². The van der Waals surface area contributed by atoms with Crippen LogP contribution in [-0.2, 0) is 4.74 Å². The van der Waals surface area contributed by atoms with Gasteiger partial charge in [0.25, 0.3) is 11.8 Å². The molecule has 4 rings (SSSR count). The number of hydrogen-bond acceptors (Lipinski definition) is 9. The second-order valence-corrected chi connectivity index (χ2v) is 13.5. The van der Waals surface area contributed by atoms with E-state index in [2.05, 4.69) is 57.7 Å². The van der Waals surface area contributed by atoms with Crippen molar-refractivity contribution in [3.63, 3.8) is 0 Å². The molecule has 0 saturated carbocycles. The second kappa shape index (κ2) is 14.9. The molecule has 2 saturated heterocycles. The minimum Gasteiger partial charge on any atom is -0.434 e. The van der Waals surface area contributed by atoms with Gasteiger partial charge in [-0.05, 0) is 70.7 Å². The second-order valence-electron chi connectivity index (χ2n) is 13.5. The van der Waals surface area contributed by atoms with E-state index < -0.39 is 5.82 Å². The highest BCUT2D eigenvalue weighted by atomic mass is 19.1. The number of likely N-dealkylation sites (tertiary alicyclic amines) is 1. The van der Waals surface area contributed by atoms with Gasteiger partial charge in [-0.3, -0.25) is 9.69 Å². The molecule has 0 N–H and O–H groups in total. The zero-order chi connectivity index (χ0) is 32.0. The summed E-state index contributed by atoms with van der Waals surface area (Å²) in [5.74, 6) is 1.45. The van der Waals surface area contributed by atoms with Gasteiger partial charge in [0, 0.05) is 70.4 Å². The molecule has 0 bridgehead atoms. The maximum absolute atomic E-state index is 14.3. The van der Waals surface area contributed by atoms with Crippen molar-refractivity contribution in [1.82, 2.24) is 29.9 Å². The molecule has 2 atom stereocenters. The quantitative estimate of drug-likeness (QED) is 0.281. The topological polar surface area (TPSA) is 87.2 Å². The molecule has 2 aromatic rings. The standard InChI is InChI=1S/C33H52FN7O3/c1-9-41(24(4)5)32(42)27-17-26(34)10-11-29(27)44-31-30(35-22-36-37-31)39-13-12-33(19-39)20-40(21-33)28(23(2)3)16-25(6)18-38(7)14-15-43-8/h10-11,17,22-25,28H,9,12-16,18-21H2,1-8H3/t25-,28?/m0/s1. The Hall–Kier alpha value is -2.89. The van der Waals surface area contributed by atoms with Crippen LogP contribution in [0.4, 0.5) is 10.2 Å². The number of ether oxygens (including phenoxy) is 2. The van der Waals surface area contributed by atoms with Gasteiger partial charge in [-0.15, -0.1) is 10.2 Å². The van der Waals surface area contributed by atoms with Gasteiger partial charge in [0.05, 0.1) is 12.2 Å². The van der Waals surface area contributed by atoms with Crippen molar-refractivity contribution < 1.29 is 18.7 Å². The summed E-state index contributed by atoms with van der Waals surface area (Å²) in [7, 11) is 3.93. The van der Waals surface area contributed by atoms with Crippen LogP contribution in [0.25, 0.3) is 0 Å². The fourth-order valence-electron chi connectivity index (χ4n) is 6.93. The molecular formula is C33H52FN7O3. The number of hydrogen-bond donors (Lipinski definition) is 0. The molecule has 2 fully saturated rings. The van der Waals surface area contributed by atoms with E-state index in [4.69, 9.17) is 9.47 Å². The van der Waals surface area contributed by atoms with Crippen molar-refractivity contribution in [2.45, 2.75) is 66.5 Å². The van der Waals surface area contributed by atoms with Crippen molar-refractivity contribution in [1.29, 1.82) is 0 Å². The average molecular weight is 614 g/mol. The summed E-state index contributed by atoms with van der Waals surface area (Å²) < 4.78 is 25.7. The van der Waals surface area contributed by atoms with Gasteiger partial charge in [0.15, 0.2) is 5.82 Å². The van der Waals surface area contributed by atoms with Gasteiger partial charge in [0.2, 0.25) is 0 Å². The van der Waals surface area contributed by atoms with E-state index in [0.717, 1.165) is 52.3 Å². The summed E-state index contributed by atoms with van der Waals surface area (Å²) in [5.41, 5.74) is 0.354. The van der Waals surface area contributed by atoms with Crippen LogP contribution in [0.3, 0.4) is 0 Å².